The topological polar surface area (TPSA) is 87.0 Å². The van der Waals surface area contributed by atoms with Crippen molar-refractivity contribution in [2.45, 2.75) is 11.2 Å². The number of anilines is 1. The molecule has 8 heteroatoms. The number of nitro groups is 1. The molecule has 0 aliphatic carbocycles. The Balaban J connectivity index is 0.00000225. The average molecular weight is 377 g/mol. The zero-order valence-corrected chi connectivity index (χ0v) is 15.0. The van der Waals surface area contributed by atoms with Gasteiger partial charge in [0.1, 0.15) is 5.69 Å². The molecule has 0 spiro atoms. The van der Waals surface area contributed by atoms with E-state index in [9.17, 15) is 10.1 Å². The first kappa shape index (κ1) is 18.8. The summed E-state index contributed by atoms with van der Waals surface area (Å²) in [6.45, 7) is 0. The predicted octanol–water partition coefficient (Wildman–Crippen LogP) is 4.15. The minimum atomic E-state index is -0.454. The summed E-state index contributed by atoms with van der Waals surface area (Å²) in [7, 11) is 0. The molecular formula is C17H17ClN4O2S. The van der Waals surface area contributed by atoms with Crippen LogP contribution in [0.5, 0.6) is 0 Å². The Labute approximate surface area is 155 Å². The fraction of sp³-hybridized carbons (Fsp3) is 0.118. The van der Waals surface area contributed by atoms with Gasteiger partial charge in [0.2, 0.25) is 0 Å². The highest BCUT2D eigenvalue weighted by Crippen LogP contribution is 2.33. The number of aromatic nitrogens is 2. The maximum Gasteiger partial charge on any atom is 0.292 e. The number of imidazole rings is 1. The van der Waals surface area contributed by atoms with Crippen molar-refractivity contribution in [3.8, 4) is 0 Å². The number of nitrogen functional groups attached to an aromatic ring is 1. The maximum atomic E-state index is 11.2. The Morgan fingerprint density at radius 3 is 2.56 bits per heavy atom. The van der Waals surface area contributed by atoms with Gasteiger partial charge >= 0.3 is 0 Å². The molecule has 3 aromatic rings. The first-order valence-electron chi connectivity index (χ1n) is 7.27. The molecule has 1 heterocycles. The lowest BCUT2D eigenvalue weighted by Crippen LogP contribution is -2.13. The predicted molar refractivity (Wildman–Crippen MR) is 102 cm³/mol. The van der Waals surface area contributed by atoms with Gasteiger partial charge < -0.3 is 10.3 Å². The fourth-order valence-corrected chi connectivity index (χ4v) is 3.24. The molecule has 0 amide bonds. The highest BCUT2D eigenvalue weighted by atomic mass is 35.5. The first-order valence-corrected chi connectivity index (χ1v) is 8.50. The number of nitro benzene ring substituents is 1. The Morgan fingerprint density at radius 2 is 1.92 bits per heavy atom. The number of rotatable bonds is 5. The second-order valence-electron chi connectivity index (χ2n) is 5.21. The lowest BCUT2D eigenvalue weighted by atomic mass is 9.97. The van der Waals surface area contributed by atoms with Crippen LogP contribution in [0.25, 0.3) is 0 Å². The molecular weight excluding hydrogens is 360 g/mol. The van der Waals surface area contributed by atoms with Crippen LogP contribution in [0.1, 0.15) is 17.2 Å². The van der Waals surface area contributed by atoms with Gasteiger partial charge in [-0.1, -0.05) is 48.2 Å². The van der Waals surface area contributed by atoms with E-state index in [0.717, 1.165) is 16.3 Å². The van der Waals surface area contributed by atoms with Crippen LogP contribution in [-0.4, -0.2) is 20.7 Å². The normalized spacial score (nSPS) is 11.6. The number of hydrogen-bond acceptors (Lipinski definition) is 5. The lowest BCUT2D eigenvalue weighted by Gasteiger charge is -2.21. The monoisotopic (exact) mass is 376 g/mol. The summed E-state index contributed by atoms with van der Waals surface area (Å²) in [5.41, 5.74) is 7.62. The quantitative estimate of drug-likeness (QED) is 0.313. The Bertz CT molecular complexity index is 870. The largest absolute Gasteiger partial charge is 0.393 e. The smallest absolute Gasteiger partial charge is 0.292 e. The molecule has 0 fully saturated rings. The van der Waals surface area contributed by atoms with E-state index in [1.54, 1.807) is 12.3 Å². The van der Waals surface area contributed by atoms with Crippen molar-refractivity contribution < 1.29 is 4.92 Å². The molecule has 1 unspecified atom stereocenters. The van der Waals surface area contributed by atoms with Gasteiger partial charge in [-0.3, -0.25) is 10.1 Å². The summed E-state index contributed by atoms with van der Waals surface area (Å²) in [6, 6.07) is 14.6. The molecule has 0 aliphatic heterocycles. The van der Waals surface area contributed by atoms with Crippen molar-refractivity contribution in [3.63, 3.8) is 0 Å². The highest BCUT2D eigenvalue weighted by Gasteiger charge is 2.22. The molecule has 25 heavy (non-hydrogen) atoms. The summed E-state index contributed by atoms with van der Waals surface area (Å²) >= 11 is 1.53. The third-order valence-electron chi connectivity index (χ3n) is 3.78. The summed E-state index contributed by atoms with van der Waals surface area (Å²) in [5, 5.41) is 12.1. The molecule has 0 radical (unpaired) electrons. The van der Waals surface area contributed by atoms with Crippen LogP contribution in [0.3, 0.4) is 0 Å². The number of halogens is 1. The molecule has 0 aliphatic rings. The summed E-state index contributed by atoms with van der Waals surface area (Å²) in [6.07, 6.45) is 5.56. The number of nitrogens with two attached hydrogens (primary N) is 1. The minimum absolute atomic E-state index is 0. The van der Waals surface area contributed by atoms with Crippen LogP contribution < -0.4 is 5.73 Å². The average Bonchev–Trinajstić information content (AvgIpc) is 3.05. The van der Waals surface area contributed by atoms with E-state index in [4.69, 9.17) is 5.73 Å². The third kappa shape index (κ3) is 3.78. The van der Waals surface area contributed by atoms with E-state index >= 15 is 0 Å². The van der Waals surface area contributed by atoms with Gasteiger partial charge in [-0.2, -0.15) is 0 Å². The van der Waals surface area contributed by atoms with Crippen molar-refractivity contribution >= 4 is 35.5 Å². The van der Waals surface area contributed by atoms with Crippen LogP contribution in [0.4, 0.5) is 11.4 Å². The molecule has 6 nitrogen and oxygen atoms in total. The van der Waals surface area contributed by atoms with E-state index < -0.39 is 4.92 Å². The van der Waals surface area contributed by atoms with Crippen molar-refractivity contribution in [2.75, 3.05) is 12.0 Å². The maximum absolute atomic E-state index is 11.2. The molecule has 0 bridgehead atoms. The van der Waals surface area contributed by atoms with Gasteiger partial charge in [-0.15, -0.1) is 12.4 Å². The summed E-state index contributed by atoms with van der Waals surface area (Å²) in [5.74, 6) is 0. The van der Waals surface area contributed by atoms with Gasteiger partial charge in [0.05, 0.1) is 11.0 Å². The lowest BCUT2D eigenvalue weighted by molar-refractivity contribution is -0.384. The Morgan fingerprint density at radius 1 is 1.20 bits per heavy atom. The van der Waals surface area contributed by atoms with E-state index in [1.807, 2.05) is 53.4 Å². The van der Waals surface area contributed by atoms with E-state index in [-0.39, 0.29) is 29.8 Å². The SMILES string of the molecule is CSc1nccn1C(c1ccccc1)c1ccc(N)c([N+](=O)[O-])c1.Cl. The number of benzene rings is 2. The van der Waals surface area contributed by atoms with Gasteiger partial charge in [0, 0.05) is 18.5 Å². The van der Waals surface area contributed by atoms with Gasteiger partial charge in [0.25, 0.3) is 5.69 Å². The standard InChI is InChI=1S/C17H16N4O2S.ClH/c1-24-17-19-9-10-20(17)16(12-5-3-2-4-6-12)13-7-8-14(18)15(11-13)21(22)23;/h2-11,16H,18H2,1H3;1H. The first-order chi connectivity index (χ1) is 11.6. The third-order valence-corrected chi connectivity index (χ3v) is 4.46. The van der Waals surface area contributed by atoms with Crippen molar-refractivity contribution in [1.82, 2.24) is 9.55 Å². The van der Waals surface area contributed by atoms with Crippen LogP contribution in [0, 0.1) is 10.1 Å². The summed E-state index contributed by atoms with van der Waals surface area (Å²) in [4.78, 5) is 15.1. The van der Waals surface area contributed by atoms with E-state index in [2.05, 4.69) is 4.98 Å². The summed E-state index contributed by atoms with van der Waals surface area (Å²) < 4.78 is 2.01. The molecule has 3 rings (SSSR count). The minimum Gasteiger partial charge on any atom is -0.393 e. The zero-order valence-electron chi connectivity index (χ0n) is 13.4. The van der Waals surface area contributed by atoms with Crippen LogP contribution in [0.2, 0.25) is 0 Å². The van der Waals surface area contributed by atoms with Gasteiger partial charge in [0.15, 0.2) is 5.16 Å². The Kier molecular flexibility index (Phi) is 6.06. The van der Waals surface area contributed by atoms with Crippen molar-refractivity contribution in [3.05, 3.63) is 82.2 Å². The number of thioether (sulfide) groups is 1. The molecule has 2 aromatic carbocycles. The second-order valence-corrected chi connectivity index (χ2v) is 5.98. The molecule has 1 aromatic heterocycles. The van der Waals surface area contributed by atoms with Crippen LogP contribution in [-0.2, 0) is 0 Å². The van der Waals surface area contributed by atoms with Gasteiger partial charge in [-0.25, -0.2) is 4.98 Å². The second kappa shape index (κ2) is 8.04. The highest BCUT2D eigenvalue weighted by molar-refractivity contribution is 7.98. The molecule has 130 valence electrons. The van der Waals surface area contributed by atoms with Crippen molar-refractivity contribution in [1.29, 1.82) is 0 Å². The molecule has 1 atom stereocenters. The van der Waals surface area contributed by atoms with E-state index in [1.165, 1.54) is 17.8 Å². The van der Waals surface area contributed by atoms with Crippen molar-refractivity contribution in [2.24, 2.45) is 0 Å². The Hall–Kier alpha value is -2.51. The number of hydrogen-bond donors (Lipinski definition) is 1. The number of nitrogens with zero attached hydrogens (tertiary/aromatic N) is 3. The fourth-order valence-electron chi connectivity index (χ4n) is 2.69. The van der Waals surface area contributed by atoms with Crippen LogP contribution >= 0.6 is 24.2 Å². The van der Waals surface area contributed by atoms with E-state index in [0.29, 0.717) is 0 Å². The van der Waals surface area contributed by atoms with Gasteiger partial charge in [-0.05, 0) is 23.4 Å². The molecule has 0 saturated heterocycles. The molecule has 0 saturated carbocycles. The zero-order chi connectivity index (χ0) is 17.1. The van der Waals surface area contributed by atoms with Crippen LogP contribution in [0.15, 0.2) is 66.1 Å². The molecule has 2 N–H and O–H groups in total.